The quantitative estimate of drug-likeness (QED) is 0.826. The largest absolute Gasteiger partial charge is 0.348 e. The number of para-hydroxylation sites is 1. The second-order valence-electron chi connectivity index (χ2n) is 5.16. The molecular formula is C15H18N2O. The van der Waals surface area contributed by atoms with Crippen molar-refractivity contribution in [3.05, 3.63) is 40.4 Å². The van der Waals surface area contributed by atoms with E-state index < -0.39 is 0 Å². The molecule has 1 fully saturated rings. The van der Waals surface area contributed by atoms with E-state index in [-0.39, 0.29) is 5.69 Å². The molecule has 2 aromatic rings. The van der Waals surface area contributed by atoms with Crippen molar-refractivity contribution in [2.24, 2.45) is 5.92 Å². The van der Waals surface area contributed by atoms with Crippen molar-refractivity contribution >= 4 is 10.9 Å². The first kappa shape index (κ1) is 11.5. The van der Waals surface area contributed by atoms with Crippen molar-refractivity contribution in [2.45, 2.75) is 39.2 Å². The Kier molecular flexibility index (Phi) is 2.90. The van der Waals surface area contributed by atoms with E-state index >= 15 is 0 Å². The minimum atomic E-state index is -0.0796. The zero-order valence-corrected chi connectivity index (χ0v) is 10.7. The van der Waals surface area contributed by atoms with Gasteiger partial charge in [-0.15, -0.1) is 0 Å². The third-order valence-electron chi connectivity index (χ3n) is 3.59. The normalized spacial score (nSPS) is 15.2. The van der Waals surface area contributed by atoms with Gasteiger partial charge in [-0.05, 0) is 31.2 Å². The van der Waals surface area contributed by atoms with Gasteiger partial charge in [0.2, 0.25) is 0 Å². The van der Waals surface area contributed by atoms with E-state index in [9.17, 15) is 4.79 Å². The Morgan fingerprint density at radius 2 is 2.11 bits per heavy atom. The standard InChI is InChI=1S/C15H18N2O/c1-2-5-13-12-6-3-4-7-14(12)17(15(18)16-13)10-11-8-9-11/h3-4,6-7,11H,2,5,8-10H2,1H3. The highest BCUT2D eigenvalue weighted by Gasteiger charge is 2.23. The lowest BCUT2D eigenvalue weighted by molar-refractivity contribution is 0.609. The third-order valence-corrected chi connectivity index (χ3v) is 3.59. The second kappa shape index (κ2) is 4.56. The fraction of sp³-hybridized carbons (Fsp3) is 0.467. The highest BCUT2D eigenvalue weighted by molar-refractivity contribution is 5.81. The summed E-state index contributed by atoms with van der Waals surface area (Å²) in [5, 5.41) is 1.14. The number of benzene rings is 1. The molecule has 0 unspecified atom stereocenters. The molecule has 1 heterocycles. The first-order valence-corrected chi connectivity index (χ1v) is 6.78. The monoisotopic (exact) mass is 242 g/mol. The van der Waals surface area contributed by atoms with E-state index in [2.05, 4.69) is 18.0 Å². The molecule has 0 atom stereocenters. The van der Waals surface area contributed by atoms with Crippen LogP contribution in [0.4, 0.5) is 0 Å². The lowest BCUT2D eigenvalue weighted by Crippen LogP contribution is -2.25. The number of hydrogen-bond acceptors (Lipinski definition) is 2. The van der Waals surface area contributed by atoms with Gasteiger partial charge in [-0.3, -0.25) is 4.57 Å². The molecule has 94 valence electrons. The smallest absolute Gasteiger partial charge is 0.292 e. The number of aromatic nitrogens is 2. The highest BCUT2D eigenvalue weighted by atomic mass is 16.1. The molecule has 1 aromatic heterocycles. The van der Waals surface area contributed by atoms with Crippen molar-refractivity contribution in [1.82, 2.24) is 9.55 Å². The second-order valence-corrected chi connectivity index (χ2v) is 5.16. The fourth-order valence-electron chi connectivity index (χ4n) is 2.45. The molecule has 1 aromatic carbocycles. The highest BCUT2D eigenvalue weighted by Crippen LogP contribution is 2.31. The lowest BCUT2D eigenvalue weighted by Gasteiger charge is -2.11. The molecule has 0 bridgehead atoms. The maximum Gasteiger partial charge on any atom is 0.348 e. The van der Waals surface area contributed by atoms with Crippen molar-refractivity contribution in [2.75, 3.05) is 0 Å². The van der Waals surface area contributed by atoms with Crippen LogP contribution in [-0.4, -0.2) is 9.55 Å². The molecule has 0 spiro atoms. The van der Waals surface area contributed by atoms with Gasteiger partial charge in [-0.2, -0.15) is 4.98 Å². The number of nitrogens with zero attached hydrogens (tertiary/aromatic N) is 2. The molecule has 0 N–H and O–H groups in total. The van der Waals surface area contributed by atoms with E-state index in [0.29, 0.717) is 5.92 Å². The molecule has 1 aliphatic rings. The molecule has 0 amide bonds. The van der Waals surface area contributed by atoms with Gasteiger partial charge < -0.3 is 0 Å². The van der Waals surface area contributed by atoms with Crippen molar-refractivity contribution < 1.29 is 0 Å². The van der Waals surface area contributed by atoms with Crippen LogP contribution in [0.15, 0.2) is 29.1 Å². The third kappa shape index (κ3) is 2.05. The minimum absolute atomic E-state index is 0.0796. The number of aryl methyl sites for hydroxylation is 1. The summed E-state index contributed by atoms with van der Waals surface area (Å²) in [4.78, 5) is 16.4. The average molecular weight is 242 g/mol. The predicted octanol–water partition coefficient (Wildman–Crippen LogP) is 2.76. The van der Waals surface area contributed by atoms with Crippen molar-refractivity contribution in [1.29, 1.82) is 0 Å². The van der Waals surface area contributed by atoms with Crippen LogP contribution in [-0.2, 0) is 13.0 Å². The zero-order chi connectivity index (χ0) is 12.5. The average Bonchev–Trinajstić information content (AvgIpc) is 3.18. The van der Waals surface area contributed by atoms with Gasteiger partial charge in [-0.25, -0.2) is 4.79 Å². The molecule has 0 radical (unpaired) electrons. The lowest BCUT2D eigenvalue weighted by atomic mass is 10.1. The van der Waals surface area contributed by atoms with E-state index in [1.165, 1.54) is 12.8 Å². The molecule has 1 aliphatic carbocycles. The van der Waals surface area contributed by atoms with Crippen LogP contribution in [0, 0.1) is 5.92 Å². The fourth-order valence-corrected chi connectivity index (χ4v) is 2.45. The Balaban J connectivity index is 2.19. The summed E-state index contributed by atoms with van der Waals surface area (Å²) in [5.41, 5.74) is 1.92. The molecule has 3 heteroatoms. The molecular weight excluding hydrogens is 224 g/mol. The molecule has 3 rings (SSSR count). The van der Waals surface area contributed by atoms with E-state index in [0.717, 1.165) is 36.0 Å². The van der Waals surface area contributed by atoms with Crippen molar-refractivity contribution in [3.63, 3.8) is 0 Å². The minimum Gasteiger partial charge on any atom is -0.292 e. The number of rotatable bonds is 4. The van der Waals surface area contributed by atoms with Gasteiger partial charge in [0, 0.05) is 11.9 Å². The Labute approximate surface area is 106 Å². The van der Waals surface area contributed by atoms with Gasteiger partial charge in [0.05, 0.1) is 11.2 Å². The first-order valence-electron chi connectivity index (χ1n) is 6.78. The summed E-state index contributed by atoms with van der Waals surface area (Å²) >= 11 is 0. The summed E-state index contributed by atoms with van der Waals surface area (Å²) in [6, 6.07) is 8.14. The Morgan fingerprint density at radius 3 is 2.83 bits per heavy atom. The molecule has 1 saturated carbocycles. The van der Waals surface area contributed by atoms with Crippen molar-refractivity contribution in [3.8, 4) is 0 Å². The predicted molar refractivity (Wildman–Crippen MR) is 72.7 cm³/mol. The van der Waals surface area contributed by atoms with Crippen LogP contribution in [0.5, 0.6) is 0 Å². The number of hydrogen-bond donors (Lipinski definition) is 0. The summed E-state index contributed by atoms with van der Waals surface area (Å²) in [6.07, 6.45) is 4.39. The SMILES string of the molecule is CCCc1nc(=O)n(CC2CC2)c2ccccc12. The molecule has 18 heavy (non-hydrogen) atoms. The van der Waals surface area contributed by atoms with Crippen LogP contribution < -0.4 is 5.69 Å². The van der Waals surface area contributed by atoms with Gasteiger partial charge in [0.15, 0.2) is 0 Å². The molecule has 0 saturated heterocycles. The van der Waals surface area contributed by atoms with Crippen LogP contribution >= 0.6 is 0 Å². The molecule has 0 aliphatic heterocycles. The van der Waals surface area contributed by atoms with Crippen LogP contribution in [0.2, 0.25) is 0 Å². The Bertz CT molecular complexity index is 626. The van der Waals surface area contributed by atoms with Crippen LogP contribution in [0.25, 0.3) is 10.9 Å². The number of fused-ring (bicyclic) bond motifs is 1. The Morgan fingerprint density at radius 1 is 1.33 bits per heavy atom. The summed E-state index contributed by atoms with van der Waals surface area (Å²) < 4.78 is 1.85. The van der Waals surface area contributed by atoms with E-state index in [4.69, 9.17) is 0 Å². The van der Waals surface area contributed by atoms with Gasteiger partial charge >= 0.3 is 5.69 Å². The first-order chi connectivity index (χ1) is 8.79. The maximum absolute atomic E-state index is 12.1. The van der Waals surface area contributed by atoms with E-state index in [1.807, 2.05) is 22.8 Å². The van der Waals surface area contributed by atoms with Crippen LogP contribution in [0.3, 0.4) is 0 Å². The summed E-state index contributed by atoms with van der Waals surface area (Å²) in [7, 11) is 0. The van der Waals surface area contributed by atoms with Gasteiger partial charge in [0.1, 0.15) is 0 Å². The van der Waals surface area contributed by atoms with Crippen LogP contribution in [0.1, 0.15) is 31.9 Å². The van der Waals surface area contributed by atoms with Gasteiger partial charge in [-0.1, -0.05) is 31.5 Å². The van der Waals surface area contributed by atoms with E-state index in [1.54, 1.807) is 0 Å². The Hall–Kier alpha value is -1.64. The zero-order valence-electron chi connectivity index (χ0n) is 10.7. The molecule has 3 nitrogen and oxygen atoms in total. The topological polar surface area (TPSA) is 34.9 Å². The van der Waals surface area contributed by atoms with Gasteiger partial charge in [0.25, 0.3) is 0 Å². The maximum atomic E-state index is 12.1. The summed E-state index contributed by atoms with van der Waals surface area (Å²) in [5.74, 6) is 0.685. The summed E-state index contributed by atoms with van der Waals surface area (Å²) in [6.45, 7) is 2.95.